The van der Waals surface area contributed by atoms with Crippen molar-refractivity contribution in [2.75, 3.05) is 0 Å². The van der Waals surface area contributed by atoms with Gasteiger partial charge in [-0.2, -0.15) is 0 Å². The van der Waals surface area contributed by atoms with E-state index in [1.54, 1.807) is 0 Å². The van der Waals surface area contributed by atoms with Gasteiger partial charge in [0.05, 0.1) is 11.0 Å². The summed E-state index contributed by atoms with van der Waals surface area (Å²) in [6.45, 7) is 3.14. The first kappa shape index (κ1) is 12.2. The maximum absolute atomic E-state index is 6.05. The third kappa shape index (κ3) is 2.24. The van der Waals surface area contributed by atoms with Gasteiger partial charge in [0.2, 0.25) is 0 Å². The minimum atomic E-state index is 0.730. The number of aryl methyl sites for hydroxylation is 1. The molecule has 3 heteroatoms. The molecule has 2 aromatic carbocycles. The van der Waals surface area contributed by atoms with Gasteiger partial charge in [-0.25, -0.2) is 4.98 Å². The number of fused-ring (bicyclic) bond motifs is 1. The molecular formula is C16H15ClN2. The zero-order valence-corrected chi connectivity index (χ0v) is 11.6. The second kappa shape index (κ2) is 5.06. The van der Waals surface area contributed by atoms with Crippen LogP contribution in [0.5, 0.6) is 0 Å². The summed E-state index contributed by atoms with van der Waals surface area (Å²) in [7, 11) is 0. The molecule has 0 fully saturated rings. The summed E-state index contributed by atoms with van der Waals surface area (Å²) in [6.07, 6.45) is 1.08. The summed E-state index contributed by atoms with van der Waals surface area (Å²) in [5.41, 5.74) is 3.24. The van der Waals surface area contributed by atoms with Crippen molar-refractivity contribution in [1.29, 1.82) is 0 Å². The van der Waals surface area contributed by atoms with Gasteiger partial charge in [0, 0.05) is 17.1 Å². The Morgan fingerprint density at radius 3 is 2.63 bits per heavy atom. The van der Waals surface area contributed by atoms with Crippen LogP contribution in [-0.4, -0.2) is 9.55 Å². The van der Waals surface area contributed by atoms with Crippen LogP contribution in [0.1, 0.15) is 13.3 Å². The van der Waals surface area contributed by atoms with E-state index in [4.69, 9.17) is 16.6 Å². The topological polar surface area (TPSA) is 17.8 Å². The quantitative estimate of drug-likeness (QED) is 0.670. The number of halogens is 1. The molecule has 3 aromatic rings. The first-order valence-corrected chi connectivity index (χ1v) is 6.88. The second-order valence-corrected chi connectivity index (χ2v) is 5.02. The average Bonchev–Trinajstić information content (AvgIpc) is 2.78. The Morgan fingerprint density at radius 1 is 1.11 bits per heavy atom. The van der Waals surface area contributed by atoms with Crippen molar-refractivity contribution in [3.63, 3.8) is 0 Å². The molecule has 1 aromatic heterocycles. The van der Waals surface area contributed by atoms with Crippen molar-refractivity contribution in [2.45, 2.75) is 19.9 Å². The van der Waals surface area contributed by atoms with E-state index < -0.39 is 0 Å². The number of imidazole rings is 1. The van der Waals surface area contributed by atoms with Gasteiger partial charge in [-0.3, -0.25) is 0 Å². The molecule has 1 heterocycles. The van der Waals surface area contributed by atoms with Crippen molar-refractivity contribution in [2.24, 2.45) is 0 Å². The highest BCUT2D eigenvalue weighted by Crippen LogP contribution is 2.26. The molecule has 0 aliphatic carbocycles. The Balaban J connectivity index is 2.26. The van der Waals surface area contributed by atoms with Crippen molar-refractivity contribution in [3.05, 3.63) is 53.6 Å². The van der Waals surface area contributed by atoms with Crippen LogP contribution in [-0.2, 0) is 6.54 Å². The van der Waals surface area contributed by atoms with E-state index in [1.165, 1.54) is 0 Å². The van der Waals surface area contributed by atoms with Crippen LogP contribution in [0.4, 0.5) is 0 Å². The Labute approximate surface area is 117 Å². The molecule has 0 saturated carbocycles. The Kier molecular flexibility index (Phi) is 3.26. The number of rotatable bonds is 3. The smallest absolute Gasteiger partial charge is 0.141 e. The van der Waals surface area contributed by atoms with Gasteiger partial charge in [0.15, 0.2) is 0 Å². The second-order valence-electron chi connectivity index (χ2n) is 4.59. The van der Waals surface area contributed by atoms with E-state index in [-0.39, 0.29) is 0 Å². The molecule has 0 spiro atoms. The summed E-state index contributed by atoms with van der Waals surface area (Å²) < 4.78 is 2.26. The van der Waals surface area contributed by atoms with E-state index in [1.807, 2.05) is 36.4 Å². The highest BCUT2D eigenvalue weighted by molar-refractivity contribution is 6.31. The number of aromatic nitrogens is 2. The van der Waals surface area contributed by atoms with Crippen LogP contribution >= 0.6 is 11.6 Å². The number of nitrogens with zero attached hydrogens (tertiary/aromatic N) is 2. The highest BCUT2D eigenvalue weighted by atomic mass is 35.5. The Hall–Kier alpha value is -1.80. The number of benzene rings is 2. The molecular weight excluding hydrogens is 256 g/mol. The Bertz CT molecular complexity index is 701. The summed E-state index contributed by atoms with van der Waals surface area (Å²) in [5.74, 6) is 1.01. The predicted molar refractivity (Wildman–Crippen MR) is 80.5 cm³/mol. The van der Waals surface area contributed by atoms with Gasteiger partial charge < -0.3 is 4.57 Å². The van der Waals surface area contributed by atoms with Gasteiger partial charge in [-0.05, 0) is 24.6 Å². The molecule has 96 valence electrons. The lowest BCUT2D eigenvalue weighted by molar-refractivity contribution is 0.704. The molecule has 0 aliphatic heterocycles. The standard InChI is InChI=1S/C16H15ClN2/c1-2-10-19-15-9-8-13(17)11-14(15)18-16(19)12-6-4-3-5-7-12/h3-9,11H,2,10H2,1H3. The van der Waals surface area contributed by atoms with Crippen LogP contribution in [0.2, 0.25) is 5.02 Å². The van der Waals surface area contributed by atoms with Gasteiger partial charge in [-0.15, -0.1) is 0 Å². The van der Waals surface area contributed by atoms with Crippen molar-refractivity contribution >= 4 is 22.6 Å². The van der Waals surface area contributed by atoms with Crippen LogP contribution < -0.4 is 0 Å². The van der Waals surface area contributed by atoms with Crippen LogP contribution in [0.25, 0.3) is 22.4 Å². The molecule has 0 radical (unpaired) electrons. The van der Waals surface area contributed by atoms with Gasteiger partial charge in [0.25, 0.3) is 0 Å². The van der Waals surface area contributed by atoms with Gasteiger partial charge in [-0.1, -0.05) is 48.9 Å². The lowest BCUT2D eigenvalue weighted by Gasteiger charge is -2.07. The summed E-state index contributed by atoms with van der Waals surface area (Å²) in [4.78, 5) is 4.74. The van der Waals surface area contributed by atoms with E-state index in [0.29, 0.717) is 0 Å². The van der Waals surface area contributed by atoms with E-state index in [9.17, 15) is 0 Å². The van der Waals surface area contributed by atoms with Crippen LogP contribution in [0.15, 0.2) is 48.5 Å². The molecule has 19 heavy (non-hydrogen) atoms. The monoisotopic (exact) mass is 270 g/mol. The fraction of sp³-hybridized carbons (Fsp3) is 0.188. The minimum Gasteiger partial charge on any atom is -0.324 e. The van der Waals surface area contributed by atoms with Crippen molar-refractivity contribution in [1.82, 2.24) is 9.55 Å². The molecule has 2 nitrogen and oxygen atoms in total. The fourth-order valence-electron chi connectivity index (χ4n) is 2.36. The Morgan fingerprint density at radius 2 is 1.89 bits per heavy atom. The summed E-state index contributed by atoms with van der Waals surface area (Å²) in [6, 6.07) is 16.2. The van der Waals surface area contributed by atoms with Crippen molar-refractivity contribution in [3.8, 4) is 11.4 Å². The number of hydrogen-bond acceptors (Lipinski definition) is 1. The van der Waals surface area contributed by atoms with E-state index >= 15 is 0 Å². The van der Waals surface area contributed by atoms with Gasteiger partial charge >= 0.3 is 0 Å². The predicted octanol–water partition coefficient (Wildman–Crippen LogP) is 4.77. The zero-order valence-electron chi connectivity index (χ0n) is 10.8. The first-order valence-electron chi connectivity index (χ1n) is 6.51. The lowest BCUT2D eigenvalue weighted by atomic mass is 10.2. The molecule has 0 N–H and O–H groups in total. The molecule has 0 amide bonds. The normalized spacial score (nSPS) is 11.1. The number of hydrogen-bond donors (Lipinski definition) is 0. The average molecular weight is 271 g/mol. The molecule has 0 unspecified atom stereocenters. The van der Waals surface area contributed by atoms with E-state index in [0.717, 1.165) is 40.4 Å². The molecule has 3 rings (SSSR count). The van der Waals surface area contributed by atoms with Crippen LogP contribution in [0.3, 0.4) is 0 Å². The summed E-state index contributed by atoms with van der Waals surface area (Å²) >= 11 is 6.05. The highest BCUT2D eigenvalue weighted by Gasteiger charge is 2.11. The maximum Gasteiger partial charge on any atom is 0.141 e. The lowest BCUT2D eigenvalue weighted by Crippen LogP contribution is -1.99. The van der Waals surface area contributed by atoms with E-state index in [2.05, 4.69) is 23.6 Å². The van der Waals surface area contributed by atoms with Crippen LogP contribution in [0, 0.1) is 0 Å². The molecule has 0 saturated heterocycles. The largest absolute Gasteiger partial charge is 0.324 e. The molecule has 0 aliphatic rings. The fourth-order valence-corrected chi connectivity index (χ4v) is 2.53. The molecule has 0 bridgehead atoms. The zero-order chi connectivity index (χ0) is 13.2. The van der Waals surface area contributed by atoms with Crippen molar-refractivity contribution < 1.29 is 0 Å². The third-order valence-electron chi connectivity index (χ3n) is 3.19. The molecule has 0 atom stereocenters. The summed E-state index contributed by atoms with van der Waals surface area (Å²) in [5, 5.41) is 0.730. The SMILES string of the molecule is CCCn1c(-c2ccccc2)nc2cc(Cl)ccc21. The first-order chi connectivity index (χ1) is 9.29. The minimum absolute atomic E-state index is 0.730. The third-order valence-corrected chi connectivity index (χ3v) is 3.42. The van der Waals surface area contributed by atoms with Gasteiger partial charge in [0.1, 0.15) is 5.82 Å². The maximum atomic E-state index is 6.05.